The Kier molecular flexibility index (Phi) is 3.85. The Hall–Kier alpha value is -1.64. The molecule has 0 aromatic heterocycles. The van der Waals surface area contributed by atoms with Gasteiger partial charge in [0.1, 0.15) is 5.75 Å². The van der Waals surface area contributed by atoms with Crippen LogP contribution in [0, 0.1) is 23.7 Å². The SMILES string of the molecule is C#CCCOc1ccc(C#N)cc1Cl. The van der Waals surface area contributed by atoms with Crippen LogP contribution in [0.4, 0.5) is 0 Å². The van der Waals surface area contributed by atoms with E-state index in [9.17, 15) is 0 Å². The number of rotatable bonds is 3. The predicted octanol–water partition coefficient (Wildman–Crippen LogP) is 2.61. The molecule has 0 radical (unpaired) electrons. The highest BCUT2D eigenvalue weighted by atomic mass is 35.5. The van der Waals surface area contributed by atoms with Gasteiger partial charge in [0.25, 0.3) is 0 Å². The van der Waals surface area contributed by atoms with Gasteiger partial charge in [-0.1, -0.05) is 11.6 Å². The molecule has 1 aromatic rings. The molecule has 2 nitrogen and oxygen atoms in total. The Morgan fingerprint density at radius 2 is 2.29 bits per heavy atom. The fourth-order valence-corrected chi connectivity index (χ4v) is 1.14. The Labute approximate surface area is 88.1 Å². The van der Waals surface area contributed by atoms with Crippen LogP contribution in [0.5, 0.6) is 5.75 Å². The number of benzene rings is 1. The van der Waals surface area contributed by atoms with Crippen molar-refractivity contribution in [3.05, 3.63) is 28.8 Å². The molecule has 0 aliphatic heterocycles. The first kappa shape index (κ1) is 10.4. The van der Waals surface area contributed by atoms with E-state index in [2.05, 4.69) is 5.92 Å². The molecule has 0 amide bonds. The van der Waals surface area contributed by atoms with Gasteiger partial charge in [0.15, 0.2) is 0 Å². The average Bonchev–Trinajstić information content (AvgIpc) is 2.20. The molecule has 14 heavy (non-hydrogen) atoms. The van der Waals surface area contributed by atoms with Gasteiger partial charge >= 0.3 is 0 Å². The van der Waals surface area contributed by atoms with Crippen molar-refractivity contribution in [3.8, 4) is 24.2 Å². The minimum absolute atomic E-state index is 0.432. The molecule has 1 aromatic carbocycles. The topological polar surface area (TPSA) is 33.0 Å². The quantitative estimate of drug-likeness (QED) is 0.561. The van der Waals surface area contributed by atoms with Crippen molar-refractivity contribution in [3.63, 3.8) is 0 Å². The predicted molar refractivity (Wildman–Crippen MR) is 55.1 cm³/mol. The highest BCUT2D eigenvalue weighted by molar-refractivity contribution is 6.32. The lowest BCUT2D eigenvalue weighted by Gasteiger charge is -2.05. The molecule has 70 valence electrons. The molecule has 0 heterocycles. The second-order valence-corrected chi connectivity index (χ2v) is 2.97. The molecule has 0 aliphatic carbocycles. The largest absolute Gasteiger partial charge is 0.491 e. The van der Waals surface area contributed by atoms with Crippen molar-refractivity contribution >= 4 is 11.6 Å². The van der Waals surface area contributed by atoms with Gasteiger partial charge in [0.05, 0.1) is 23.3 Å². The molecule has 0 saturated carbocycles. The third-order valence-electron chi connectivity index (χ3n) is 1.56. The molecule has 0 spiro atoms. The second kappa shape index (κ2) is 5.17. The van der Waals surface area contributed by atoms with Crippen LogP contribution in [-0.4, -0.2) is 6.61 Å². The van der Waals surface area contributed by atoms with Gasteiger partial charge in [-0.15, -0.1) is 12.3 Å². The van der Waals surface area contributed by atoms with Crippen molar-refractivity contribution in [2.75, 3.05) is 6.61 Å². The second-order valence-electron chi connectivity index (χ2n) is 2.56. The van der Waals surface area contributed by atoms with Crippen molar-refractivity contribution in [1.29, 1.82) is 5.26 Å². The van der Waals surface area contributed by atoms with Crippen molar-refractivity contribution < 1.29 is 4.74 Å². The van der Waals surface area contributed by atoms with Gasteiger partial charge in [-0.25, -0.2) is 0 Å². The highest BCUT2D eigenvalue weighted by Gasteiger charge is 2.01. The average molecular weight is 206 g/mol. The first-order chi connectivity index (χ1) is 6.77. The molecule has 1 rings (SSSR count). The van der Waals surface area contributed by atoms with E-state index in [4.69, 9.17) is 28.0 Å². The zero-order valence-corrected chi connectivity index (χ0v) is 8.21. The van der Waals surface area contributed by atoms with E-state index in [0.29, 0.717) is 29.4 Å². The molecule has 0 bridgehead atoms. The van der Waals surface area contributed by atoms with E-state index in [1.165, 1.54) is 0 Å². The summed E-state index contributed by atoms with van der Waals surface area (Å²) >= 11 is 5.86. The summed E-state index contributed by atoms with van der Waals surface area (Å²) in [5.74, 6) is 3.02. The fourth-order valence-electron chi connectivity index (χ4n) is 0.907. The van der Waals surface area contributed by atoms with Crippen LogP contribution in [0.3, 0.4) is 0 Å². The number of hydrogen-bond acceptors (Lipinski definition) is 2. The summed E-state index contributed by atoms with van der Waals surface area (Å²) < 4.78 is 5.29. The number of nitrogens with zero attached hydrogens (tertiary/aromatic N) is 1. The Bertz CT molecular complexity index is 401. The minimum atomic E-state index is 0.432. The minimum Gasteiger partial charge on any atom is -0.491 e. The Balaban J connectivity index is 2.71. The maximum absolute atomic E-state index is 8.59. The molecule has 0 atom stereocenters. The summed E-state index contributed by atoms with van der Waals surface area (Å²) in [6, 6.07) is 6.87. The smallest absolute Gasteiger partial charge is 0.138 e. The van der Waals surface area contributed by atoms with Crippen LogP contribution in [-0.2, 0) is 0 Å². The zero-order valence-electron chi connectivity index (χ0n) is 7.46. The number of hydrogen-bond donors (Lipinski definition) is 0. The van der Waals surface area contributed by atoms with Gasteiger partial charge < -0.3 is 4.74 Å². The first-order valence-electron chi connectivity index (χ1n) is 4.04. The monoisotopic (exact) mass is 205 g/mol. The van der Waals surface area contributed by atoms with Crippen LogP contribution in [0.15, 0.2) is 18.2 Å². The van der Waals surface area contributed by atoms with E-state index in [0.717, 1.165) is 0 Å². The van der Waals surface area contributed by atoms with Crippen LogP contribution < -0.4 is 4.74 Å². The molecule has 0 saturated heterocycles. The Morgan fingerprint density at radius 1 is 1.50 bits per heavy atom. The van der Waals surface area contributed by atoms with Gasteiger partial charge in [0.2, 0.25) is 0 Å². The van der Waals surface area contributed by atoms with Gasteiger partial charge in [0, 0.05) is 6.42 Å². The third-order valence-corrected chi connectivity index (χ3v) is 1.86. The van der Waals surface area contributed by atoms with E-state index in [1.54, 1.807) is 18.2 Å². The van der Waals surface area contributed by atoms with Gasteiger partial charge in [-0.2, -0.15) is 5.26 Å². The molecular formula is C11H8ClNO. The van der Waals surface area contributed by atoms with Crippen LogP contribution in [0.25, 0.3) is 0 Å². The normalized spacial score (nSPS) is 8.79. The Morgan fingerprint density at radius 3 is 2.86 bits per heavy atom. The summed E-state index contributed by atoms with van der Waals surface area (Å²) in [6.45, 7) is 0.433. The molecule has 3 heteroatoms. The third kappa shape index (κ3) is 2.69. The van der Waals surface area contributed by atoms with Gasteiger partial charge in [-0.05, 0) is 18.2 Å². The highest BCUT2D eigenvalue weighted by Crippen LogP contribution is 2.25. The summed E-state index contributed by atoms with van der Waals surface area (Å²) in [5.41, 5.74) is 0.513. The molecule has 0 fully saturated rings. The van der Waals surface area contributed by atoms with Crippen LogP contribution in [0.1, 0.15) is 12.0 Å². The maximum atomic E-state index is 8.59. The van der Waals surface area contributed by atoms with E-state index < -0.39 is 0 Å². The maximum Gasteiger partial charge on any atom is 0.138 e. The zero-order chi connectivity index (χ0) is 10.4. The fraction of sp³-hybridized carbons (Fsp3) is 0.182. The first-order valence-corrected chi connectivity index (χ1v) is 4.41. The van der Waals surface area contributed by atoms with Crippen LogP contribution in [0.2, 0.25) is 5.02 Å². The number of halogens is 1. The lowest BCUT2D eigenvalue weighted by molar-refractivity contribution is 0.327. The summed E-state index contributed by atoms with van der Waals surface area (Å²) in [7, 11) is 0. The number of ether oxygens (including phenoxy) is 1. The van der Waals surface area contributed by atoms with E-state index in [1.807, 2.05) is 6.07 Å². The lowest BCUT2D eigenvalue weighted by Crippen LogP contribution is -1.96. The van der Waals surface area contributed by atoms with Gasteiger partial charge in [-0.3, -0.25) is 0 Å². The molecule has 0 aliphatic rings. The summed E-state index contributed by atoms with van der Waals surface area (Å²) in [4.78, 5) is 0. The standard InChI is InChI=1S/C11H8ClNO/c1-2-3-6-14-11-5-4-9(8-13)7-10(11)12/h1,4-5,7H,3,6H2. The molecular weight excluding hydrogens is 198 g/mol. The van der Waals surface area contributed by atoms with Crippen molar-refractivity contribution in [2.24, 2.45) is 0 Å². The van der Waals surface area contributed by atoms with E-state index in [-0.39, 0.29) is 0 Å². The number of terminal acetylenes is 1. The van der Waals surface area contributed by atoms with E-state index >= 15 is 0 Å². The van der Waals surface area contributed by atoms with Crippen molar-refractivity contribution in [2.45, 2.75) is 6.42 Å². The lowest BCUT2D eigenvalue weighted by atomic mass is 10.2. The summed E-state index contributed by atoms with van der Waals surface area (Å²) in [6.07, 6.45) is 5.61. The molecule has 0 N–H and O–H groups in total. The summed E-state index contributed by atoms with van der Waals surface area (Å²) in [5, 5.41) is 9.02. The van der Waals surface area contributed by atoms with Crippen molar-refractivity contribution in [1.82, 2.24) is 0 Å². The number of nitriles is 1. The van der Waals surface area contributed by atoms with Crippen LogP contribution >= 0.6 is 11.6 Å². The molecule has 0 unspecified atom stereocenters.